The van der Waals surface area contributed by atoms with Crippen LogP contribution in [0.25, 0.3) is 22.3 Å². The van der Waals surface area contributed by atoms with Crippen LogP contribution >= 0.6 is 0 Å². The van der Waals surface area contributed by atoms with Gasteiger partial charge in [-0.2, -0.15) is 0 Å². The Hall–Kier alpha value is -4.99. The first-order valence-electron chi connectivity index (χ1n) is 13.1. The maximum absolute atomic E-state index is 13.0. The molecule has 5 rings (SSSR count). The maximum atomic E-state index is 13.0. The molecular weight excluding hydrogens is 528 g/mol. The number of carbonyl (C=O) groups excluding carboxylic acids is 2. The molecule has 0 radical (unpaired) electrons. The molecule has 4 aromatic rings. The summed E-state index contributed by atoms with van der Waals surface area (Å²) in [5, 5.41) is 4.52. The highest BCUT2D eigenvalue weighted by atomic mass is 16.6. The number of anilines is 1. The number of methoxy groups -OCH3 is 2. The standard InChI is InChI=1S/C31H30N2O8/c1-5-39-31(35)27-24-18-22(12-14-26(24)41-29(27)19-7-9-20(36-2)10-8-19)40-16-6-15-33-25-13-11-21(37-3)17-23(25)28(30(33)34)32-38-4/h7-14,17-18H,5-6,15-16H2,1-4H3/b32-28-. The van der Waals surface area contributed by atoms with Crippen LogP contribution in [0.3, 0.4) is 0 Å². The normalized spacial score (nSPS) is 13.4. The predicted molar refractivity (Wildman–Crippen MR) is 153 cm³/mol. The lowest BCUT2D eigenvalue weighted by Gasteiger charge is -2.17. The zero-order chi connectivity index (χ0) is 28.9. The molecule has 0 aliphatic carbocycles. The Balaban J connectivity index is 1.33. The molecule has 3 aromatic carbocycles. The molecule has 2 heterocycles. The molecule has 0 atom stereocenters. The summed E-state index contributed by atoms with van der Waals surface area (Å²) in [6.45, 7) is 2.72. The van der Waals surface area contributed by atoms with E-state index >= 15 is 0 Å². The van der Waals surface area contributed by atoms with Gasteiger partial charge < -0.3 is 33.1 Å². The van der Waals surface area contributed by atoms with Gasteiger partial charge in [0.2, 0.25) is 0 Å². The van der Waals surface area contributed by atoms with Crippen LogP contribution in [-0.2, 0) is 14.4 Å². The third kappa shape index (κ3) is 5.41. The molecule has 41 heavy (non-hydrogen) atoms. The van der Waals surface area contributed by atoms with Gasteiger partial charge >= 0.3 is 5.97 Å². The number of oxime groups is 1. The summed E-state index contributed by atoms with van der Waals surface area (Å²) in [4.78, 5) is 32.6. The van der Waals surface area contributed by atoms with Gasteiger partial charge in [0.15, 0.2) is 5.71 Å². The minimum atomic E-state index is -0.481. The minimum absolute atomic E-state index is 0.228. The van der Waals surface area contributed by atoms with Gasteiger partial charge in [0.25, 0.3) is 5.91 Å². The summed E-state index contributed by atoms with van der Waals surface area (Å²) in [5.74, 6) is 1.56. The summed E-state index contributed by atoms with van der Waals surface area (Å²) in [7, 11) is 4.56. The van der Waals surface area contributed by atoms with Crippen molar-refractivity contribution in [3.63, 3.8) is 0 Å². The molecule has 10 heteroatoms. The van der Waals surface area contributed by atoms with E-state index in [9.17, 15) is 9.59 Å². The lowest BCUT2D eigenvalue weighted by molar-refractivity contribution is -0.112. The lowest BCUT2D eigenvalue weighted by Crippen LogP contribution is -2.31. The van der Waals surface area contributed by atoms with Crippen molar-refractivity contribution in [2.24, 2.45) is 5.16 Å². The number of hydrogen-bond donors (Lipinski definition) is 0. The molecule has 1 amide bonds. The Morgan fingerprint density at radius 3 is 2.37 bits per heavy atom. The smallest absolute Gasteiger partial charge is 0.342 e. The highest BCUT2D eigenvalue weighted by molar-refractivity contribution is 6.54. The van der Waals surface area contributed by atoms with Gasteiger partial charge in [-0.3, -0.25) is 4.79 Å². The topological polar surface area (TPSA) is 109 Å². The highest BCUT2D eigenvalue weighted by Gasteiger charge is 2.35. The molecule has 0 bridgehead atoms. The molecule has 1 aliphatic heterocycles. The monoisotopic (exact) mass is 558 g/mol. The van der Waals surface area contributed by atoms with Gasteiger partial charge in [-0.05, 0) is 74.0 Å². The average molecular weight is 559 g/mol. The number of ether oxygens (including phenoxy) is 4. The van der Waals surface area contributed by atoms with Gasteiger partial charge in [0, 0.05) is 23.1 Å². The van der Waals surface area contributed by atoms with E-state index in [0.717, 1.165) is 11.3 Å². The van der Waals surface area contributed by atoms with Crippen molar-refractivity contribution < 1.29 is 37.8 Å². The number of furan rings is 1. The number of carbonyl (C=O) groups is 2. The summed E-state index contributed by atoms with van der Waals surface area (Å²) in [6, 6.07) is 18.0. The lowest BCUT2D eigenvalue weighted by atomic mass is 10.1. The van der Waals surface area contributed by atoms with Crippen molar-refractivity contribution in [3.8, 4) is 28.6 Å². The van der Waals surface area contributed by atoms with Gasteiger partial charge in [-0.15, -0.1) is 0 Å². The van der Waals surface area contributed by atoms with E-state index in [4.69, 9.17) is 28.2 Å². The maximum Gasteiger partial charge on any atom is 0.342 e. The Morgan fingerprint density at radius 1 is 0.927 bits per heavy atom. The first-order chi connectivity index (χ1) is 20.0. The molecule has 0 saturated heterocycles. The van der Waals surface area contributed by atoms with Crippen LogP contribution < -0.4 is 19.1 Å². The van der Waals surface area contributed by atoms with Crippen molar-refractivity contribution in [1.29, 1.82) is 0 Å². The molecule has 1 aliphatic rings. The Kier molecular flexibility index (Phi) is 8.09. The summed E-state index contributed by atoms with van der Waals surface area (Å²) >= 11 is 0. The Morgan fingerprint density at radius 2 is 1.66 bits per heavy atom. The van der Waals surface area contributed by atoms with Crippen molar-refractivity contribution in [1.82, 2.24) is 0 Å². The molecule has 10 nitrogen and oxygen atoms in total. The number of fused-ring (bicyclic) bond motifs is 2. The van der Waals surface area contributed by atoms with E-state index in [1.165, 1.54) is 7.11 Å². The first kappa shape index (κ1) is 27.6. The van der Waals surface area contributed by atoms with Crippen molar-refractivity contribution >= 4 is 34.2 Å². The molecule has 0 fully saturated rings. The molecule has 0 unspecified atom stereocenters. The summed E-state index contributed by atoms with van der Waals surface area (Å²) < 4.78 is 28.0. The van der Waals surface area contributed by atoms with Crippen LogP contribution in [0.5, 0.6) is 17.2 Å². The molecular formula is C31H30N2O8. The number of esters is 1. The van der Waals surface area contributed by atoms with Crippen molar-refractivity contribution in [2.75, 3.05) is 46.0 Å². The van der Waals surface area contributed by atoms with Gasteiger partial charge in [-0.25, -0.2) is 4.79 Å². The number of hydrogen-bond acceptors (Lipinski definition) is 9. The molecule has 0 saturated carbocycles. The third-order valence-corrected chi connectivity index (χ3v) is 6.67. The molecule has 1 aromatic heterocycles. The van der Waals surface area contributed by atoms with E-state index in [1.807, 2.05) is 18.2 Å². The SMILES string of the molecule is CCOC(=O)c1c(-c2ccc(OC)cc2)oc2ccc(OCCCN3C(=O)/C(=N\OC)c4cc(OC)ccc43)cc12. The molecule has 212 valence electrons. The van der Waals surface area contributed by atoms with Crippen molar-refractivity contribution in [3.05, 3.63) is 71.8 Å². The first-order valence-corrected chi connectivity index (χ1v) is 13.1. The van der Waals surface area contributed by atoms with Gasteiger partial charge in [0.1, 0.15) is 41.3 Å². The fraction of sp³-hybridized carbons (Fsp3) is 0.258. The highest BCUT2D eigenvalue weighted by Crippen LogP contribution is 2.37. The van der Waals surface area contributed by atoms with E-state index in [2.05, 4.69) is 5.16 Å². The van der Waals surface area contributed by atoms with Gasteiger partial charge in [0.05, 0.1) is 33.1 Å². The number of rotatable bonds is 11. The molecule has 0 spiro atoms. The van der Waals surface area contributed by atoms with Crippen LogP contribution in [0.1, 0.15) is 29.3 Å². The quantitative estimate of drug-likeness (QED) is 0.136. The number of benzene rings is 3. The van der Waals surface area contributed by atoms with Crippen molar-refractivity contribution in [2.45, 2.75) is 13.3 Å². The minimum Gasteiger partial charge on any atom is -0.497 e. The van der Waals surface area contributed by atoms with Crippen LogP contribution in [0, 0.1) is 0 Å². The fourth-order valence-corrected chi connectivity index (χ4v) is 4.75. The molecule has 0 N–H and O–H groups in total. The Labute approximate surface area is 237 Å². The van der Waals surface area contributed by atoms with Crippen LogP contribution in [0.2, 0.25) is 0 Å². The Bertz CT molecular complexity index is 1610. The second-order valence-electron chi connectivity index (χ2n) is 9.08. The number of nitrogens with zero attached hydrogens (tertiary/aromatic N) is 2. The second-order valence-corrected chi connectivity index (χ2v) is 9.08. The van der Waals surface area contributed by atoms with Crippen LogP contribution in [-0.4, -0.2) is 58.7 Å². The zero-order valence-corrected chi connectivity index (χ0v) is 23.3. The van der Waals surface area contributed by atoms with E-state index in [1.54, 1.807) is 68.5 Å². The summed E-state index contributed by atoms with van der Waals surface area (Å²) in [6.07, 6.45) is 0.544. The van der Waals surface area contributed by atoms with E-state index in [-0.39, 0.29) is 18.2 Å². The zero-order valence-electron chi connectivity index (χ0n) is 23.3. The largest absolute Gasteiger partial charge is 0.497 e. The van der Waals surface area contributed by atoms with Crippen LogP contribution in [0.15, 0.2) is 70.2 Å². The van der Waals surface area contributed by atoms with Crippen LogP contribution in [0.4, 0.5) is 5.69 Å². The number of amides is 1. The average Bonchev–Trinajstić information content (AvgIpc) is 3.50. The third-order valence-electron chi connectivity index (χ3n) is 6.67. The van der Waals surface area contributed by atoms with Gasteiger partial charge in [-0.1, -0.05) is 5.16 Å². The summed E-state index contributed by atoms with van der Waals surface area (Å²) in [5.41, 5.74) is 3.20. The van der Waals surface area contributed by atoms with E-state index < -0.39 is 5.97 Å². The fourth-order valence-electron chi connectivity index (χ4n) is 4.75. The van der Waals surface area contributed by atoms with E-state index in [0.29, 0.717) is 64.7 Å². The second kappa shape index (κ2) is 12.0. The predicted octanol–water partition coefficient (Wildman–Crippen LogP) is 5.46.